The zero-order chi connectivity index (χ0) is 12.4. The van der Waals surface area contributed by atoms with Gasteiger partial charge in [-0.1, -0.05) is 24.4 Å². The van der Waals surface area contributed by atoms with Crippen LogP contribution in [0.1, 0.15) is 11.1 Å². The van der Waals surface area contributed by atoms with Crippen LogP contribution in [0.25, 0.3) is 0 Å². The summed E-state index contributed by atoms with van der Waals surface area (Å²) in [4.78, 5) is 11.3. The highest BCUT2D eigenvalue weighted by Crippen LogP contribution is 2.11. The Hall–Kier alpha value is -2.02. The third-order valence-corrected chi connectivity index (χ3v) is 2.53. The van der Waals surface area contributed by atoms with Crippen LogP contribution in [0.2, 0.25) is 0 Å². The Morgan fingerprint density at radius 2 is 2.35 bits per heavy atom. The molecule has 0 bridgehead atoms. The average molecular weight is 252 g/mol. The number of halogens is 1. The highest BCUT2D eigenvalue weighted by atomic mass is 32.1. The van der Waals surface area contributed by atoms with Gasteiger partial charge in [0.1, 0.15) is 17.1 Å². The molecule has 0 spiro atoms. The Kier molecular flexibility index (Phi) is 3.01. The van der Waals surface area contributed by atoms with Gasteiger partial charge >= 0.3 is 5.69 Å². The average Bonchev–Trinajstić information content (AvgIpc) is 2.67. The van der Waals surface area contributed by atoms with Gasteiger partial charge in [-0.05, 0) is 6.07 Å². The van der Waals surface area contributed by atoms with Crippen molar-refractivity contribution >= 4 is 17.2 Å². The number of H-pyrrole nitrogens is 1. The molecule has 88 valence electrons. The van der Waals surface area contributed by atoms with Crippen LogP contribution in [0.15, 0.2) is 29.3 Å². The molecule has 0 fully saturated rings. The van der Waals surface area contributed by atoms with Gasteiger partial charge in [0.25, 0.3) is 0 Å². The molecule has 0 saturated carbocycles. The van der Waals surface area contributed by atoms with Crippen molar-refractivity contribution < 1.29 is 4.39 Å². The minimum Gasteiger partial charge on any atom is -0.389 e. The Morgan fingerprint density at radius 1 is 1.59 bits per heavy atom. The van der Waals surface area contributed by atoms with Crippen LogP contribution < -0.4 is 11.4 Å². The van der Waals surface area contributed by atoms with Crippen molar-refractivity contribution in [2.24, 2.45) is 5.73 Å². The summed E-state index contributed by atoms with van der Waals surface area (Å²) in [6.45, 7) is 0.110. The molecule has 0 aliphatic carbocycles. The normalized spacial score (nSPS) is 10.4. The van der Waals surface area contributed by atoms with Crippen LogP contribution in [0.4, 0.5) is 4.39 Å². The van der Waals surface area contributed by atoms with Crippen molar-refractivity contribution in [3.8, 4) is 0 Å². The van der Waals surface area contributed by atoms with Gasteiger partial charge in [-0.15, -0.1) is 0 Å². The van der Waals surface area contributed by atoms with Crippen LogP contribution >= 0.6 is 12.2 Å². The monoisotopic (exact) mass is 252 g/mol. The molecule has 1 aromatic carbocycles. The first-order chi connectivity index (χ1) is 8.08. The van der Waals surface area contributed by atoms with Crippen LogP contribution in [-0.4, -0.2) is 19.8 Å². The molecule has 0 radical (unpaired) electrons. The van der Waals surface area contributed by atoms with Gasteiger partial charge in [0.2, 0.25) is 0 Å². The molecule has 0 atom stereocenters. The number of thiocarbonyl (C=S) groups is 1. The molecule has 1 heterocycles. The second-order valence-corrected chi connectivity index (χ2v) is 3.90. The molecule has 2 aromatic rings. The largest absolute Gasteiger partial charge is 0.389 e. The van der Waals surface area contributed by atoms with E-state index in [1.807, 2.05) is 0 Å². The van der Waals surface area contributed by atoms with Crippen LogP contribution in [0, 0.1) is 5.82 Å². The first-order valence-corrected chi connectivity index (χ1v) is 5.17. The summed E-state index contributed by atoms with van der Waals surface area (Å²) in [5.41, 5.74) is 5.83. The fourth-order valence-electron chi connectivity index (χ4n) is 1.40. The van der Waals surface area contributed by atoms with E-state index >= 15 is 0 Å². The molecule has 3 N–H and O–H groups in total. The van der Waals surface area contributed by atoms with E-state index in [-0.39, 0.29) is 17.2 Å². The Bertz CT molecular complexity index is 619. The van der Waals surface area contributed by atoms with Crippen molar-refractivity contribution in [3.05, 3.63) is 52.0 Å². The van der Waals surface area contributed by atoms with Gasteiger partial charge in [-0.25, -0.2) is 14.3 Å². The van der Waals surface area contributed by atoms with Gasteiger partial charge < -0.3 is 5.73 Å². The summed E-state index contributed by atoms with van der Waals surface area (Å²) < 4.78 is 14.9. The van der Waals surface area contributed by atoms with Gasteiger partial charge in [0.05, 0.1) is 6.54 Å². The predicted molar refractivity (Wildman–Crippen MR) is 64.2 cm³/mol. The van der Waals surface area contributed by atoms with E-state index in [1.165, 1.54) is 17.0 Å². The molecule has 0 saturated heterocycles. The van der Waals surface area contributed by atoms with Crippen LogP contribution in [0.5, 0.6) is 0 Å². The minimum absolute atomic E-state index is 0.110. The van der Waals surface area contributed by atoms with E-state index in [0.29, 0.717) is 11.1 Å². The maximum Gasteiger partial charge on any atom is 0.343 e. The summed E-state index contributed by atoms with van der Waals surface area (Å²) in [6, 6.07) is 4.41. The SMILES string of the molecule is NC(=S)c1ccc(Cn2cn[nH]c2=O)c(F)c1. The van der Waals surface area contributed by atoms with E-state index in [9.17, 15) is 9.18 Å². The number of aromatic amines is 1. The fraction of sp³-hybridized carbons (Fsp3) is 0.100. The zero-order valence-corrected chi connectivity index (χ0v) is 9.50. The van der Waals surface area contributed by atoms with Crippen molar-refractivity contribution in [1.82, 2.24) is 14.8 Å². The second-order valence-electron chi connectivity index (χ2n) is 3.46. The van der Waals surface area contributed by atoms with E-state index < -0.39 is 5.82 Å². The number of nitrogens with one attached hydrogen (secondary N) is 1. The Morgan fingerprint density at radius 3 is 2.88 bits per heavy atom. The number of nitrogens with two attached hydrogens (primary N) is 1. The maximum absolute atomic E-state index is 13.7. The van der Waals surface area contributed by atoms with Crippen molar-refractivity contribution in [1.29, 1.82) is 0 Å². The first-order valence-electron chi connectivity index (χ1n) is 4.76. The number of hydrogen-bond acceptors (Lipinski definition) is 3. The first kappa shape index (κ1) is 11.5. The highest BCUT2D eigenvalue weighted by Gasteiger charge is 2.07. The van der Waals surface area contributed by atoms with Crippen LogP contribution in [-0.2, 0) is 6.54 Å². The summed E-state index contributed by atoms with van der Waals surface area (Å²) in [5.74, 6) is -0.455. The zero-order valence-electron chi connectivity index (χ0n) is 8.68. The lowest BCUT2D eigenvalue weighted by molar-refractivity contribution is 0.596. The third-order valence-electron chi connectivity index (χ3n) is 2.30. The second kappa shape index (κ2) is 4.46. The summed E-state index contributed by atoms with van der Waals surface area (Å²) >= 11 is 4.74. The molecule has 0 aliphatic heterocycles. The molecule has 0 aliphatic rings. The standard InChI is InChI=1S/C10H9FN4OS/c11-8-3-6(9(12)17)1-2-7(8)4-15-5-13-14-10(15)16/h1-3,5H,4H2,(H2,12,17)(H,14,16). The summed E-state index contributed by atoms with van der Waals surface area (Å²) in [7, 11) is 0. The lowest BCUT2D eigenvalue weighted by atomic mass is 10.1. The molecule has 0 amide bonds. The number of hydrogen-bond donors (Lipinski definition) is 2. The maximum atomic E-state index is 13.7. The lowest BCUT2D eigenvalue weighted by Crippen LogP contribution is -2.18. The predicted octanol–water partition coefficient (Wildman–Crippen LogP) is 0.393. The highest BCUT2D eigenvalue weighted by molar-refractivity contribution is 7.80. The molecular formula is C10H9FN4OS. The van der Waals surface area contributed by atoms with E-state index in [2.05, 4.69) is 10.2 Å². The molecule has 0 unspecified atom stereocenters. The third kappa shape index (κ3) is 2.39. The molecule has 2 rings (SSSR count). The molecule has 17 heavy (non-hydrogen) atoms. The molecule has 5 nitrogen and oxygen atoms in total. The lowest BCUT2D eigenvalue weighted by Gasteiger charge is -2.05. The fourth-order valence-corrected chi connectivity index (χ4v) is 1.52. The Labute approximate surface area is 101 Å². The number of rotatable bonds is 3. The van der Waals surface area contributed by atoms with Crippen molar-refractivity contribution in [3.63, 3.8) is 0 Å². The molecule has 1 aromatic heterocycles. The van der Waals surface area contributed by atoms with Crippen molar-refractivity contribution in [2.45, 2.75) is 6.54 Å². The minimum atomic E-state index is -0.455. The molecule has 7 heteroatoms. The number of aromatic nitrogens is 3. The molecular weight excluding hydrogens is 243 g/mol. The smallest absolute Gasteiger partial charge is 0.343 e. The number of nitrogens with zero attached hydrogens (tertiary/aromatic N) is 2. The van der Waals surface area contributed by atoms with Gasteiger partial charge in [0, 0.05) is 11.1 Å². The van der Waals surface area contributed by atoms with E-state index in [0.717, 1.165) is 0 Å². The summed E-state index contributed by atoms with van der Waals surface area (Å²) in [5, 5.41) is 5.79. The van der Waals surface area contributed by atoms with Crippen molar-refractivity contribution in [2.75, 3.05) is 0 Å². The van der Waals surface area contributed by atoms with E-state index in [1.54, 1.807) is 12.1 Å². The number of benzene rings is 1. The topological polar surface area (TPSA) is 76.7 Å². The summed E-state index contributed by atoms with van der Waals surface area (Å²) in [6.07, 6.45) is 1.31. The van der Waals surface area contributed by atoms with E-state index in [4.69, 9.17) is 18.0 Å². The van der Waals surface area contributed by atoms with Gasteiger partial charge in [-0.2, -0.15) is 5.10 Å². The van der Waals surface area contributed by atoms with Gasteiger partial charge in [0.15, 0.2) is 0 Å². The quantitative estimate of drug-likeness (QED) is 0.775. The van der Waals surface area contributed by atoms with Gasteiger partial charge in [-0.3, -0.25) is 4.57 Å². The Balaban J connectivity index is 2.32. The van der Waals surface area contributed by atoms with Crippen LogP contribution in [0.3, 0.4) is 0 Å².